The monoisotopic (exact) mass is 451 g/mol. The molecule has 0 atom stereocenters. The van der Waals surface area contributed by atoms with Crippen molar-refractivity contribution in [2.24, 2.45) is 12.5 Å². The summed E-state index contributed by atoms with van der Waals surface area (Å²) in [4.78, 5) is 56.4. The number of nitrogens with zero attached hydrogens (tertiary/aromatic N) is 3. The molecule has 0 saturated heterocycles. The van der Waals surface area contributed by atoms with Gasteiger partial charge < -0.3 is 9.47 Å². The Labute approximate surface area is 189 Å². The van der Waals surface area contributed by atoms with Crippen LogP contribution in [-0.2, 0) is 20.0 Å². The highest BCUT2D eigenvalue weighted by atomic mass is 16.5. The van der Waals surface area contributed by atoms with E-state index in [4.69, 9.17) is 9.47 Å². The number of aromatic nitrogens is 3. The van der Waals surface area contributed by atoms with Crippen molar-refractivity contribution in [1.82, 2.24) is 14.1 Å². The number of hydrogen-bond acceptors (Lipinski definition) is 7. The second kappa shape index (κ2) is 7.99. The van der Waals surface area contributed by atoms with Gasteiger partial charge in [0.25, 0.3) is 5.56 Å². The van der Waals surface area contributed by atoms with Gasteiger partial charge in [-0.25, -0.2) is 9.78 Å². The zero-order chi connectivity index (χ0) is 24.1. The Morgan fingerprint density at radius 3 is 2.45 bits per heavy atom. The highest BCUT2D eigenvalue weighted by Crippen LogP contribution is 2.36. The Kier molecular flexibility index (Phi) is 5.43. The number of hydrogen-bond donors (Lipinski definition) is 0. The summed E-state index contributed by atoms with van der Waals surface area (Å²) < 4.78 is 12.6. The Balaban J connectivity index is 1.87. The first kappa shape index (κ1) is 22.4. The van der Waals surface area contributed by atoms with Gasteiger partial charge in [-0.3, -0.25) is 23.5 Å². The molecule has 0 spiro atoms. The number of rotatable bonds is 5. The fourth-order valence-electron chi connectivity index (χ4n) is 4.39. The molecule has 0 saturated carbocycles. The van der Waals surface area contributed by atoms with Crippen molar-refractivity contribution in [3.8, 4) is 11.5 Å². The van der Waals surface area contributed by atoms with E-state index >= 15 is 0 Å². The minimum Gasteiger partial charge on any atom is -0.493 e. The minimum absolute atomic E-state index is 0.0862. The van der Waals surface area contributed by atoms with Gasteiger partial charge >= 0.3 is 5.69 Å². The summed E-state index contributed by atoms with van der Waals surface area (Å²) in [5.74, 6) is 0.291. The normalized spacial score (nSPS) is 14.8. The van der Waals surface area contributed by atoms with Crippen LogP contribution >= 0.6 is 0 Å². The van der Waals surface area contributed by atoms with Gasteiger partial charge in [-0.15, -0.1) is 0 Å². The molecular weight excluding hydrogens is 426 g/mol. The van der Waals surface area contributed by atoms with Crippen LogP contribution < -0.4 is 20.7 Å². The van der Waals surface area contributed by atoms with E-state index < -0.39 is 23.6 Å². The average Bonchev–Trinajstić information content (AvgIpc) is 2.78. The number of ketones is 2. The van der Waals surface area contributed by atoms with Crippen molar-refractivity contribution >= 4 is 22.6 Å². The van der Waals surface area contributed by atoms with Gasteiger partial charge in [-0.2, -0.15) is 0 Å². The first-order valence-corrected chi connectivity index (χ1v) is 10.5. The van der Waals surface area contributed by atoms with Crippen molar-refractivity contribution in [2.75, 3.05) is 14.2 Å². The van der Waals surface area contributed by atoms with E-state index in [0.29, 0.717) is 35.5 Å². The van der Waals surface area contributed by atoms with Crippen LogP contribution in [0.4, 0.5) is 0 Å². The maximum atomic E-state index is 13.5. The lowest BCUT2D eigenvalue weighted by atomic mass is 9.73. The van der Waals surface area contributed by atoms with Crippen LogP contribution in [0.5, 0.6) is 11.5 Å². The lowest BCUT2D eigenvalue weighted by Gasteiger charge is -2.30. The third kappa shape index (κ3) is 3.73. The van der Waals surface area contributed by atoms with Gasteiger partial charge in [0, 0.05) is 30.8 Å². The quantitative estimate of drug-likeness (QED) is 0.547. The summed E-state index contributed by atoms with van der Waals surface area (Å²) in [6, 6.07) is 4.63. The SMILES string of the molecule is COc1ccc(C(=O)Cn2c(=O)c3c4c(cnc3n(C)c2=O)C(=O)CC(C)(C)C4)cc1OC. The van der Waals surface area contributed by atoms with Crippen LogP contribution in [0.25, 0.3) is 11.0 Å². The predicted octanol–water partition coefficient (Wildman–Crippen LogP) is 2.15. The number of pyridine rings is 1. The predicted molar refractivity (Wildman–Crippen MR) is 122 cm³/mol. The average molecular weight is 451 g/mol. The van der Waals surface area contributed by atoms with Crippen molar-refractivity contribution in [2.45, 2.75) is 33.2 Å². The summed E-state index contributed by atoms with van der Waals surface area (Å²) in [6.45, 7) is 3.46. The standard InChI is InChI=1S/C24H25N3O6/c1-24(2)9-14-15(16(28)10-24)11-25-21-20(14)22(30)27(23(31)26(21)3)12-17(29)13-6-7-18(32-4)19(8-13)33-5/h6-8,11H,9-10,12H2,1-5H3. The van der Waals surface area contributed by atoms with Gasteiger partial charge in [-0.05, 0) is 35.6 Å². The second-order valence-corrected chi connectivity index (χ2v) is 9.02. The number of aryl methyl sites for hydroxylation is 1. The molecular formula is C24H25N3O6. The number of Topliss-reactive ketones (excluding diaryl/α,β-unsaturated/α-hetero) is 2. The third-order valence-electron chi connectivity index (χ3n) is 6.06. The molecule has 0 bridgehead atoms. The molecule has 2 heterocycles. The summed E-state index contributed by atoms with van der Waals surface area (Å²) in [6.07, 6.45) is 2.28. The molecule has 4 rings (SSSR count). The topological polar surface area (TPSA) is 109 Å². The molecule has 9 heteroatoms. The molecule has 3 aromatic rings. The zero-order valence-electron chi connectivity index (χ0n) is 19.2. The molecule has 1 aliphatic carbocycles. The summed E-state index contributed by atoms with van der Waals surface area (Å²) >= 11 is 0. The molecule has 0 aliphatic heterocycles. The fraction of sp³-hybridized carbons (Fsp3) is 0.375. The van der Waals surface area contributed by atoms with Crippen molar-refractivity contribution in [3.63, 3.8) is 0 Å². The van der Waals surface area contributed by atoms with E-state index in [2.05, 4.69) is 4.98 Å². The number of benzene rings is 1. The fourth-order valence-corrected chi connectivity index (χ4v) is 4.39. The van der Waals surface area contributed by atoms with Crippen LogP contribution in [0.2, 0.25) is 0 Å². The van der Waals surface area contributed by atoms with E-state index in [1.165, 1.54) is 38.1 Å². The Hall–Kier alpha value is -3.75. The Morgan fingerprint density at radius 1 is 1.09 bits per heavy atom. The molecule has 33 heavy (non-hydrogen) atoms. The molecule has 1 aliphatic rings. The summed E-state index contributed by atoms with van der Waals surface area (Å²) in [5, 5.41) is 0.204. The van der Waals surface area contributed by atoms with Crippen molar-refractivity contribution in [3.05, 3.63) is 61.9 Å². The van der Waals surface area contributed by atoms with Gasteiger partial charge in [0.15, 0.2) is 23.1 Å². The maximum absolute atomic E-state index is 13.5. The van der Waals surface area contributed by atoms with E-state index in [1.54, 1.807) is 12.1 Å². The highest BCUT2D eigenvalue weighted by molar-refractivity contribution is 6.02. The van der Waals surface area contributed by atoms with Gasteiger partial charge in [0.1, 0.15) is 5.65 Å². The first-order valence-electron chi connectivity index (χ1n) is 10.5. The van der Waals surface area contributed by atoms with Gasteiger partial charge in [0.05, 0.1) is 26.2 Å². The van der Waals surface area contributed by atoms with E-state index in [1.807, 2.05) is 13.8 Å². The molecule has 1 aromatic carbocycles. The lowest BCUT2D eigenvalue weighted by Crippen LogP contribution is -2.42. The Morgan fingerprint density at radius 2 is 1.79 bits per heavy atom. The lowest BCUT2D eigenvalue weighted by molar-refractivity contribution is 0.0911. The zero-order valence-corrected chi connectivity index (χ0v) is 19.2. The molecule has 0 radical (unpaired) electrons. The highest BCUT2D eigenvalue weighted by Gasteiger charge is 2.34. The maximum Gasteiger partial charge on any atom is 0.332 e. The van der Waals surface area contributed by atoms with Crippen LogP contribution in [-0.4, -0.2) is 39.9 Å². The Bertz CT molecular complexity index is 1430. The van der Waals surface area contributed by atoms with Crippen molar-refractivity contribution < 1.29 is 19.1 Å². The molecule has 172 valence electrons. The number of carbonyl (C=O) groups is 2. The smallest absolute Gasteiger partial charge is 0.332 e. The second-order valence-electron chi connectivity index (χ2n) is 9.02. The molecule has 0 amide bonds. The minimum atomic E-state index is -0.657. The molecule has 0 fully saturated rings. The number of carbonyl (C=O) groups excluding carboxylic acids is 2. The molecule has 0 unspecified atom stereocenters. The molecule has 9 nitrogen and oxygen atoms in total. The summed E-state index contributed by atoms with van der Waals surface area (Å²) in [5.41, 5.74) is -0.174. The van der Waals surface area contributed by atoms with E-state index in [0.717, 1.165) is 4.57 Å². The van der Waals surface area contributed by atoms with E-state index in [-0.39, 0.29) is 27.8 Å². The number of methoxy groups -OCH3 is 2. The third-order valence-corrected chi connectivity index (χ3v) is 6.06. The largest absolute Gasteiger partial charge is 0.493 e. The van der Waals surface area contributed by atoms with Crippen LogP contribution in [0.15, 0.2) is 34.0 Å². The van der Waals surface area contributed by atoms with E-state index in [9.17, 15) is 19.2 Å². The summed E-state index contributed by atoms with van der Waals surface area (Å²) in [7, 11) is 4.43. The van der Waals surface area contributed by atoms with Crippen LogP contribution in [0.1, 0.15) is 46.5 Å². The van der Waals surface area contributed by atoms with Crippen LogP contribution in [0.3, 0.4) is 0 Å². The molecule has 0 N–H and O–H groups in total. The van der Waals surface area contributed by atoms with Gasteiger partial charge in [0.2, 0.25) is 0 Å². The van der Waals surface area contributed by atoms with Crippen LogP contribution in [0, 0.1) is 5.41 Å². The first-order chi connectivity index (χ1) is 15.6. The molecule has 2 aromatic heterocycles. The number of ether oxygens (including phenoxy) is 2. The number of fused-ring (bicyclic) bond motifs is 3. The van der Waals surface area contributed by atoms with Gasteiger partial charge in [-0.1, -0.05) is 13.8 Å². The van der Waals surface area contributed by atoms with Crippen molar-refractivity contribution in [1.29, 1.82) is 0 Å².